The second kappa shape index (κ2) is 11.4. The summed E-state index contributed by atoms with van der Waals surface area (Å²) in [5, 5.41) is 18.3. The van der Waals surface area contributed by atoms with Crippen LogP contribution in [0.5, 0.6) is 0 Å². The van der Waals surface area contributed by atoms with Gasteiger partial charge in [0.1, 0.15) is 5.82 Å². The molecule has 1 fully saturated rings. The summed E-state index contributed by atoms with van der Waals surface area (Å²) < 4.78 is 14.5. The number of nitrogens with one attached hydrogen (secondary N) is 2. The minimum atomic E-state index is -0.354. The Morgan fingerprint density at radius 1 is 1.08 bits per heavy atom. The van der Waals surface area contributed by atoms with E-state index in [9.17, 15) is 9.18 Å². The lowest BCUT2D eigenvalue weighted by atomic mass is 9.78. The fourth-order valence-electron chi connectivity index (χ4n) is 5.51. The van der Waals surface area contributed by atoms with Crippen molar-refractivity contribution in [1.29, 1.82) is 0 Å². The zero-order chi connectivity index (χ0) is 26.6. The number of benzene rings is 2. The molecule has 2 N–H and O–H groups in total. The van der Waals surface area contributed by atoms with E-state index in [1.165, 1.54) is 6.07 Å². The van der Waals surface area contributed by atoms with Gasteiger partial charge in [-0.05, 0) is 66.5 Å². The maximum Gasteiger partial charge on any atom is 0.228 e. The van der Waals surface area contributed by atoms with Gasteiger partial charge in [0.25, 0.3) is 0 Å². The number of aromatic nitrogens is 4. The Labute approximate surface area is 219 Å². The molecule has 0 atom stereocenters. The van der Waals surface area contributed by atoms with Crippen LogP contribution in [0.1, 0.15) is 75.9 Å². The molecule has 3 aromatic rings. The van der Waals surface area contributed by atoms with Gasteiger partial charge in [-0.3, -0.25) is 4.79 Å². The lowest BCUT2D eigenvalue weighted by Crippen LogP contribution is -2.33. The zero-order valence-corrected chi connectivity index (χ0v) is 22.6. The molecule has 1 aliphatic rings. The van der Waals surface area contributed by atoms with Crippen LogP contribution in [-0.2, 0) is 16.6 Å². The second-order valence-electron chi connectivity index (χ2n) is 11.3. The summed E-state index contributed by atoms with van der Waals surface area (Å²) in [5.74, 6) is 0.994. The Morgan fingerprint density at radius 2 is 1.78 bits per heavy atom. The van der Waals surface area contributed by atoms with Crippen molar-refractivity contribution in [2.45, 2.75) is 72.1 Å². The Hall–Kier alpha value is -3.29. The Morgan fingerprint density at radius 3 is 2.38 bits per heavy atom. The van der Waals surface area contributed by atoms with Gasteiger partial charge >= 0.3 is 0 Å². The third-order valence-electron chi connectivity index (χ3n) is 7.13. The summed E-state index contributed by atoms with van der Waals surface area (Å²) >= 11 is 0. The van der Waals surface area contributed by atoms with Crippen molar-refractivity contribution in [2.75, 3.05) is 23.3 Å². The molecule has 1 amide bonds. The zero-order valence-electron chi connectivity index (χ0n) is 22.6. The smallest absolute Gasteiger partial charge is 0.228 e. The molecule has 37 heavy (non-hydrogen) atoms. The van der Waals surface area contributed by atoms with Crippen molar-refractivity contribution in [3.63, 3.8) is 0 Å². The fourth-order valence-corrected chi connectivity index (χ4v) is 5.51. The highest BCUT2D eigenvalue weighted by Gasteiger charge is 2.41. The number of rotatable bonds is 10. The third-order valence-corrected chi connectivity index (χ3v) is 7.13. The minimum Gasteiger partial charge on any atom is -0.369 e. The number of carbonyl (C=O) groups excluding carboxylic acids is 1. The molecule has 0 spiro atoms. The topological polar surface area (TPSA) is 86.8 Å². The number of tetrazole rings is 1. The van der Waals surface area contributed by atoms with Crippen molar-refractivity contribution in [3.05, 3.63) is 64.7 Å². The second-order valence-corrected chi connectivity index (χ2v) is 11.3. The van der Waals surface area contributed by atoms with Crippen LogP contribution in [0.4, 0.5) is 15.8 Å². The Kier molecular flexibility index (Phi) is 8.25. The van der Waals surface area contributed by atoms with E-state index in [2.05, 4.69) is 76.7 Å². The molecule has 1 aliphatic carbocycles. The van der Waals surface area contributed by atoms with Crippen LogP contribution in [0.15, 0.2) is 36.4 Å². The van der Waals surface area contributed by atoms with Gasteiger partial charge in [0.2, 0.25) is 5.91 Å². The predicted molar refractivity (Wildman–Crippen MR) is 145 cm³/mol. The summed E-state index contributed by atoms with van der Waals surface area (Å²) in [4.78, 5) is 15.6. The fraction of sp³-hybridized carbons (Fsp3) is 0.517. The molecule has 0 bridgehead atoms. The normalized spacial score (nSPS) is 14.9. The summed E-state index contributed by atoms with van der Waals surface area (Å²) in [6.45, 7) is 12.4. The molecule has 0 unspecified atom stereocenters. The highest BCUT2D eigenvalue weighted by atomic mass is 19.1. The maximum absolute atomic E-state index is 14.5. The number of aryl methyl sites for hydroxylation is 1. The molecule has 0 radical (unpaired) electrons. The monoisotopic (exact) mass is 506 g/mol. The summed E-state index contributed by atoms with van der Waals surface area (Å²) in [6, 6.07) is 11.3. The Bertz CT molecular complexity index is 1190. The van der Waals surface area contributed by atoms with Crippen molar-refractivity contribution in [3.8, 4) is 0 Å². The largest absolute Gasteiger partial charge is 0.369 e. The average Bonchev–Trinajstić information content (AvgIpc) is 3.53. The number of halogens is 1. The van der Waals surface area contributed by atoms with Gasteiger partial charge in [-0.1, -0.05) is 63.9 Å². The van der Waals surface area contributed by atoms with Crippen LogP contribution >= 0.6 is 0 Å². The van der Waals surface area contributed by atoms with Gasteiger partial charge < -0.3 is 10.2 Å². The van der Waals surface area contributed by atoms with Gasteiger partial charge in [-0.25, -0.2) is 4.39 Å². The van der Waals surface area contributed by atoms with E-state index in [1.54, 1.807) is 6.07 Å². The number of aromatic amines is 1. The van der Waals surface area contributed by atoms with E-state index >= 15 is 0 Å². The van der Waals surface area contributed by atoms with Crippen LogP contribution in [0, 0.1) is 24.6 Å². The first kappa shape index (κ1) is 26.8. The lowest BCUT2D eigenvalue weighted by molar-refractivity contribution is -0.115. The van der Waals surface area contributed by atoms with Crippen LogP contribution in [0.2, 0.25) is 0 Å². The summed E-state index contributed by atoms with van der Waals surface area (Å²) in [7, 11) is 0. The highest BCUT2D eigenvalue weighted by molar-refractivity contribution is 5.96. The van der Waals surface area contributed by atoms with E-state index in [1.807, 2.05) is 13.0 Å². The van der Waals surface area contributed by atoms with Gasteiger partial charge in [-0.15, -0.1) is 10.2 Å². The van der Waals surface area contributed by atoms with Crippen LogP contribution < -0.4 is 10.2 Å². The van der Waals surface area contributed by atoms with E-state index < -0.39 is 0 Å². The van der Waals surface area contributed by atoms with Crippen LogP contribution in [-0.4, -0.2) is 39.6 Å². The predicted octanol–water partition coefficient (Wildman–Crippen LogP) is 5.81. The van der Waals surface area contributed by atoms with Crippen molar-refractivity contribution < 1.29 is 9.18 Å². The van der Waals surface area contributed by atoms with Gasteiger partial charge in [-0.2, -0.15) is 5.21 Å². The van der Waals surface area contributed by atoms with Crippen LogP contribution in [0.25, 0.3) is 0 Å². The molecule has 0 aliphatic heterocycles. The van der Waals surface area contributed by atoms with Crippen molar-refractivity contribution in [2.24, 2.45) is 11.8 Å². The van der Waals surface area contributed by atoms with E-state index in [4.69, 9.17) is 0 Å². The molecule has 8 heteroatoms. The number of H-pyrrole nitrogens is 1. The van der Waals surface area contributed by atoms with E-state index in [0.29, 0.717) is 23.2 Å². The highest BCUT2D eigenvalue weighted by Crippen LogP contribution is 2.46. The summed E-state index contributed by atoms with van der Waals surface area (Å²) in [6.07, 6.45) is 3.99. The molecule has 1 saturated carbocycles. The molecule has 0 saturated heterocycles. The number of carbonyl (C=O) groups is 1. The first-order chi connectivity index (χ1) is 17.7. The number of nitrogens with zero attached hydrogens (tertiary/aromatic N) is 4. The van der Waals surface area contributed by atoms with Gasteiger partial charge in [0, 0.05) is 13.1 Å². The molecule has 1 aromatic heterocycles. The van der Waals surface area contributed by atoms with Crippen LogP contribution in [0.3, 0.4) is 0 Å². The molecule has 4 rings (SSSR count). The SMILES string of the molecule is Cc1ccc(CC(=O)Nc2cc(C3(c4nn[nH]n4)CCCC3)ccc2N(CC(C)C)CC(C)C)c(F)c1. The molecule has 7 nitrogen and oxygen atoms in total. The number of hydrogen-bond acceptors (Lipinski definition) is 5. The minimum absolute atomic E-state index is 0.0277. The van der Waals surface area contributed by atoms with Crippen molar-refractivity contribution in [1.82, 2.24) is 20.6 Å². The van der Waals surface area contributed by atoms with Gasteiger partial charge in [0.15, 0.2) is 5.82 Å². The quantitative estimate of drug-likeness (QED) is 0.363. The average molecular weight is 507 g/mol. The summed E-state index contributed by atoms with van der Waals surface area (Å²) in [5.41, 5.74) is 3.67. The standard InChI is InChI=1S/C29H39FN6O/c1-19(2)17-36(18-20(3)4)26-11-10-23(29(12-6-7-13-29)28-32-34-35-33-28)16-25(26)31-27(37)15-22-9-8-21(5)14-24(22)30/h8-11,14,16,19-20H,6-7,12-13,15,17-18H2,1-5H3,(H,31,37)(H,32,33,34,35). The molecule has 2 aromatic carbocycles. The van der Waals surface area contributed by atoms with Crippen molar-refractivity contribution >= 4 is 17.3 Å². The number of amides is 1. The Balaban J connectivity index is 1.73. The molecule has 198 valence electrons. The first-order valence-electron chi connectivity index (χ1n) is 13.4. The van der Waals surface area contributed by atoms with E-state index in [0.717, 1.165) is 61.3 Å². The first-order valence-corrected chi connectivity index (χ1v) is 13.4. The van der Waals surface area contributed by atoms with Gasteiger partial charge in [0.05, 0.1) is 23.2 Å². The molecule has 1 heterocycles. The molecular weight excluding hydrogens is 467 g/mol. The maximum atomic E-state index is 14.5. The third kappa shape index (κ3) is 6.17. The number of anilines is 2. The lowest BCUT2D eigenvalue weighted by Gasteiger charge is -2.32. The molecular formula is C29H39FN6O. The number of hydrogen-bond donors (Lipinski definition) is 2. The van der Waals surface area contributed by atoms with E-state index in [-0.39, 0.29) is 23.6 Å².